The molecule has 1 unspecified atom stereocenters. The van der Waals surface area contributed by atoms with E-state index in [1.807, 2.05) is 10.2 Å². The maximum absolute atomic E-state index is 13.4. The van der Waals surface area contributed by atoms with Crippen LogP contribution < -0.4 is 25.2 Å². The third kappa shape index (κ3) is 5.99. The molecule has 15 heteroatoms. The van der Waals surface area contributed by atoms with E-state index in [4.69, 9.17) is 9.84 Å². The molecule has 2 aliphatic heterocycles. The van der Waals surface area contributed by atoms with Crippen LogP contribution in [-0.4, -0.2) is 87.8 Å². The van der Waals surface area contributed by atoms with Crippen LogP contribution in [0.5, 0.6) is 5.75 Å². The molecule has 12 nitrogen and oxygen atoms in total. The number of aromatic nitrogens is 3. The zero-order chi connectivity index (χ0) is 26.7. The average molecular weight is 525 g/mol. The maximum atomic E-state index is 13.4. The number of halogens is 3. The van der Waals surface area contributed by atoms with Crippen LogP contribution >= 0.6 is 0 Å². The van der Waals surface area contributed by atoms with Gasteiger partial charge in [0.05, 0.1) is 24.5 Å². The SMILES string of the molecule is C[C@@H](NC(=O)c1ncc2c(n1)N(C(=O)Nc1cc(OC[C@H](O)CO)ccn1)C1CCCN2C1)C(F)(F)F. The third-order valence-corrected chi connectivity index (χ3v) is 5.96. The van der Waals surface area contributed by atoms with Crippen molar-refractivity contribution in [3.63, 3.8) is 0 Å². The quantitative estimate of drug-likeness (QED) is 0.419. The first kappa shape index (κ1) is 26.3. The lowest BCUT2D eigenvalue weighted by molar-refractivity contribution is -0.149. The van der Waals surface area contributed by atoms with Crippen LogP contribution in [-0.2, 0) is 0 Å². The van der Waals surface area contributed by atoms with Crippen molar-refractivity contribution in [3.8, 4) is 5.75 Å². The van der Waals surface area contributed by atoms with Crippen molar-refractivity contribution in [2.45, 2.75) is 44.1 Å². The van der Waals surface area contributed by atoms with Crippen LogP contribution in [0.2, 0.25) is 0 Å². The Labute approximate surface area is 209 Å². The fourth-order valence-electron chi connectivity index (χ4n) is 4.02. The molecule has 4 N–H and O–H groups in total. The number of fused-ring (bicyclic) bond motifs is 4. The molecule has 2 bridgehead atoms. The van der Waals surface area contributed by atoms with Crippen molar-refractivity contribution >= 4 is 29.3 Å². The minimum absolute atomic E-state index is 0.103. The number of urea groups is 1. The van der Waals surface area contributed by atoms with Crippen LogP contribution in [0, 0.1) is 0 Å². The first-order valence-electron chi connectivity index (χ1n) is 11.5. The average Bonchev–Trinajstić information content (AvgIpc) is 2.86. The van der Waals surface area contributed by atoms with Gasteiger partial charge in [-0.1, -0.05) is 0 Å². The molecular formula is C22H26F3N7O5. The summed E-state index contributed by atoms with van der Waals surface area (Å²) in [5.74, 6) is -1.08. The molecule has 37 heavy (non-hydrogen) atoms. The van der Waals surface area contributed by atoms with Gasteiger partial charge in [0.25, 0.3) is 5.91 Å². The van der Waals surface area contributed by atoms with Crippen LogP contribution in [0.3, 0.4) is 0 Å². The van der Waals surface area contributed by atoms with Gasteiger partial charge >= 0.3 is 12.2 Å². The summed E-state index contributed by atoms with van der Waals surface area (Å²) >= 11 is 0. The summed E-state index contributed by atoms with van der Waals surface area (Å²) < 4.78 is 44.1. The highest BCUT2D eigenvalue weighted by atomic mass is 19.4. The highest BCUT2D eigenvalue weighted by Crippen LogP contribution is 2.37. The monoisotopic (exact) mass is 525 g/mol. The number of anilines is 3. The zero-order valence-corrected chi connectivity index (χ0v) is 19.8. The Kier molecular flexibility index (Phi) is 7.63. The van der Waals surface area contributed by atoms with Gasteiger partial charge in [0.15, 0.2) is 5.82 Å². The summed E-state index contributed by atoms with van der Waals surface area (Å²) in [6, 6.07) is -0.0880. The molecule has 0 spiro atoms. The van der Waals surface area contributed by atoms with Crippen molar-refractivity contribution in [1.82, 2.24) is 20.3 Å². The number of amides is 3. The fraction of sp³-hybridized carbons (Fsp3) is 0.500. The number of carbonyl (C=O) groups excluding carboxylic acids is 2. The molecule has 3 atom stereocenters. The van der Waals surface area contributed by atoms with Crippen molar-refractivity contribution in [2.24, 2.45) is 0 Å². The lowest BCUT2D eigenvalue weighted by Crippen LogP contribution is -2.56. The predicted molar refractivity (Wildman–Crippen MR) is 125 cm³/mol. The maximum Gasteiger partial charge on any atom is 0.408 e. The van der Waals surface area contributed by atoms with Crippen LogP contribution in [0.4, 0.5) is 35.3 Å². The fourth-order valence-corrected chi connectivity index (χ4v) is 4.02. The van der Waals surface area contributed by atoms with Gasteiger partial charge in [-0.25, -0.2) is 19.7 Å². The van der Waals surface area contributed by atoms with Crippen molar-refractivity contribution < 1.29 is 37.7 Å². The first-order valence-corrected chi connectivity index (χ1v) is 11.5. The van der Waals surface area contributed by atoms with Gasteiger partial charge in [0.1, 0.15) is 30.3 Å². The van der Waals surface area contributed by atoms with E-state index in [2.05, 4.69) is 20.3 Å². The highest BCUT2D eigenvalue weighted by Gasteiger charge is 2.40. The molecule has 0 saturated carbocycles. The van der Waals surface area contributed by atoms with Gasteiger partial charge < -0.3 is 25.2 Å². The standard InChI is InChI=1S/C22H26F3N7O5/c1-12(22(23,24)25)28-20(35)18-27-8-16-19(30-18)32(13-3-2-6-31(16)9-13)21(36)29-17-7-15(4-5-26-17)37-11-14(34)10-33/h4-5,7-8,12-14,33-34H,2-3,6,9-11H2,1H3,(H,28,35)(H,26,29,36)/t12-,13?,14-/m1/s1. The van der Waals surface area contributed by atoms with E-state index in [1.165, 1.54) is 29.4 Å². The minimum Gasteiger partial charge on any atom is -0.491 e. The van der Waals surface area contributed by atoms with E-state index < -0.39 is 42.7 Å². The second-order valence-corrected chi connectivity index (χ2v) is 8.71. The summed E-state index contributed by atoms with van der Waals surface area (Å²) in [6.45, 7) is 1.34. The Morgan fingerprint density at radius 1 is 1.32 bits per heavy atom. The number of pyridine rings is 1. The van der Waals surface area contributed by atoms with E-state index in [9.17, 15) is 27.9 Å². The topological polar surface area (TPSA) is 153 Å². The summed E-state index contributed by atoms with van der Waals surface area (Å²) in [4.78, 5) is 41.4. The van der Waals surface area contributed by atoms with E-state index in [0.717, 1.165) is 13.3 Å². The van der Waals surface area contributed by atoms with Crippen LogP contribution in [0.1, 0.15) is 30.4 Å². The summed E-state index contributed by atoms with van der Waals surface area (Å²) in [5, 5.41) is 22.9. The Morgan fingerprint density at radius 2 is 2.11 bits per heavy atom. The number of nitrogens with one attached hydrogen (secondary N) is 2. The molecule has 1 saturated heterocycles. The largest absolute Gasteiger partial charge is 0.491 e. The van der Waals surface area contributed by atoms with E-state index in [0.29, 0.717) is 30.9 Å². The number of aliphatic hydroxyl groups is 2. The van der Waals surface area contributed by atoms with E-state index in [-0.39, 0.29) is 24.3 Å². The lowest BCUT2D eigenvalue weighted by Gasteiger charge is -2.45. The Balaban J connectivity index is 1.57. The molecule has 2 aromatic rings. The van der Waals surface area contributed by atoms with E-state index >= 15 is 0 Å². The number of ether oxygens (including phenoxy) is 1. The molecule has 4 heterocycles. The molecule has 4 rings (SSSR count). The second-order valence-electron chi connectivity index (χ2n) is 8.71. The normalized spacial score (nSPS) is 18.5. The number of aliphatic hydroxyl groups excluding tert-OH is 2. The number of carbonyl (C=O) groups is 2. The predicted octanol–water partition coefficient (Wildman–Crippen LogP) is 1.31. The number of alkyl halides is 3. The first-order chi connectivity index (χ1) is 17.6. The second kappa shape index (κ2) is 10.7. The Hall–Kier alpha value is -3.72. The number of hydrogen-bond acceptors (Lipinski definition) is 9. The van der Waals surface area contributed by atoms with Gasteiger partial charge in [-0.05, 0) is 25.8 Å². The smallest absolute Gasteiger partial charge is 0.408 e. The number of rotatable bonds is 7. The van der Waals surface area contributed by atoms with Crippen molar-refractivity contribution in [1.29, 1.82) is 0 Å². The molecule has 3 amide bonds. The van der Waals surface area contributed by atoms with Crippen molar-refractivity contribution in [2.75, 3.05) is 41.4 Å². The molecule has 2 aromatic heterocycles. The van der Waals surface area contributed by atoms with Crippen LogP contribution in [0.25, 0.3) is 0 Å². The van der Waals surface area contributed by atoms with Gasteiger partial charge in [0, 0.05) is 25.4 Å². The van der Waals surface area contributed by atoms with Crippen molar-refractivity contribution in [3.05, 3.63) is 30.4 Å². The molecular weight excluding hydrogens is 499 g/mol. The number of nitrogens with zero attached hydrogens (tertiary/aromatic N) is 5. The molecule has 200 valence electrons. The van der Waals surface area contributed by atoms with Gasteiger partial charge in [-0.15, -0.1) is 0 Å². The highest BCUT2D eigenvalue weighted by molar-refractivity contribution is 6.04. The zero-order valence-electron chi connectivity index (χ0n) is 19.8. The minimum atomic E-state index is -4.64. The molecule has 1 fully saturated rings. The van der Waals surface area contributed by atoms with Crippen LogP contribution in [0.15, 0.2) is 24.5 Å². The van der Waals surface area contributed by atoms with Gasteiger partial charge in [0.2, 0.25) is 5.82 Å². The molecule has 2 aliphatic rings. The van der Waals surface area contributed by atoms with Gasteiger partial charge in [-0.3, -0.25) is 15.0 Å². The molecule has 0 radical (unpaired) electrons. The number of hydrogen-bond donors (Lipinski definition) is 4. The third-order valence-electron chi connectivity index (χ3n) is 5.96. The van der Waals surface area contributed by atoms with Gasteiger partial charge in [-0.2, -0.15) is 13.2 Å². The molecule has 0 aromatic carbocycles. The van der Waals surface area contributed by atoms with E-state index in [1.54, 1.807) is 0 Å². The summed E-state index contributed by atoms with van der Waals surface area (Å²) in [5.41, 5.74) is 0.481. The summed E-state index contributed by atoms with van der Waals surface area (Å²) in [6.07, 6.45) is -1.56. The Morgan fingerprint density at radius 3 is 2.84 bits per heavy atom. The summed E-state index contributed by atoms with van der Waals surface area (Å²) in [7, 11) is 0. The number of piperidine rings is 1. The molecule has 0 aliphatic carbocycles. The lowest BCUT2D eigenvalue weighted by atomic mass is 10.0. The Bertz CT molecular complexity index is 1150.